The van der Waals surface area contributed by atoms with Crippen LogP contribution in [-0.2, 0) is 4.74 Å². The first kappa shape index (κ1) is 23.0. The second kappa shape index (κ2) is 9.47. The van der Waals surface area contributed by atoms with Crippen LogP contribution in [0.4, 0.5) is 11.5 Å². The van der Waals surface area contributed by atoms with Gasteiger partial charge in [-0.05, 0) is 54.1 Å². The van der Waals surface area contributed by atoms with Crippen LogP contribution in [0.5, 0.6) is 0 Å². The van der Waals surface area contributed by atoms with E-state index in [1.807, 2.05) is 24.3 Å². The Kier molecular flexibility index (Phi) is 6.05. The summed E-state index contributed by atoms with van der Waals surface area (Å²) in [5.74, 6) is -0.812. The van der Waals surface area contributed by atoms with Crippen molar-refractivity contribution >= 4 is 63.4 Å². The Morgan fingerprint density at radius 2 is 1.67 bits per heavy atom. The Balaban J connectivity index is 1.59. The number of nitrogen functional groups attached to an aromatic ring is 1. The maximum atomic E-state index is 13.3. The number of carbonyl (C=O) groups excluding carboxylic acids is 2. The third-order valence-electron chi connectivity index (χ3n) is 5.46. The molecule has 0 aliphatic rings. The van der Waals surface area contributed by atoms with E-state index in [9.17, 15) is 9.59 Å². The summed E-state index contributed by atoms with van der Waals surface area (Å²) in [6.07, 6.45) is 1.55. The van der Waals surface area contributed by atoms with Crippen LogP contribution in [0.2, 0.25) is 5.02 Å². The summed E-state index contributed by atoms with van der Waals surface area (Å²) in [4.78, 5) is 34.3. The Morgan fingerprint density at radius 3 is 2.33 bits per heavy atom. The predicted octanol–water partition coefficient (Wildman–Crippen LogP) is 4.74. The second-order valence-corrected chi connectivity index (χ2v) is 8.21. The van der Waals surface area contributed by atoms with Gasteiger partial charge in [0.05, 0.1) is 29.9 Å². The third kappa shape index (κ3) is 4.35. The summed E-state index contributed by atoms with van der Waals surface area (Å²) >= 11 is 5.95. The van der Waals surface area contributed by atoms with Gasteiger partial charge in [0.2, 0.25) is 0 Å². The number of anilines is 2. The van der Waals surface area contributed by atoms with E-state index in [1.165, 1.54) is 11.8 Å². The van der Waals surface area contributed by atoms with Gasteiger partial charge in [-0.2, -0.15) is 9.78 Å². The molecular weight excluding hydrogens is 480 g/mol. The summed E-state index contributed by atoms with van der Waals surface area (Å²) in [6.45, 7) is 0. The maximum absolute atomic E-state index is 13.3. The number of hydrogen-bond acceptors (Lipinski definition) is 7. The molecule has 0 aliphatic carbocycles. The SMILES string of the molecule is COC(=O)c1ccc(/C=N\n2c(N)c(C(=O)Nc3ccc(Cl)cc3)c3nc4ccccc4nc32)cc1. The van der Waals surface area contributed by atoms with Gasteiger partial charge in [-0.25, -0.2) is 14.8 Å². The van der Waals surface area contributed by atoms with E-state index in [4.69, 9.17) is 22.1 Å². The lowest BCUT2D eigenvalue weighted by Gasteiger charge is -2.05. The molecule has 178 valence electrons. The van der Waals surface area contributed by atoms with Crippen LogP contribution in [0, 0.1) is 0 Å². The number of nitrogens with two attached hydrogens (primary N) is 1. The molecule has 1 amide bonds. The van der Waals surface area contributed by atoms with Crippen molar-refractivity contribution < 1.29 is 14.3 Å². The number of aromatic nitrogens is 3. The maximum Gasteiger partial charge on any atom is 0.337 e. The number of esters is 1. The first-order valence-corrected chi connectivity index (χ1v) is 11.2. The molecule has 5 rings (SSSR count). The van der Waals surface area contributed by atoms with Crippen LogP contribution in [-0.4, -0.2) is 39.8 Å². The lowest BCUT2D eigenvalue weighted by atomic mass is 10.1. The fourth-order valence-electron chi connectivity index (χ4n) is 3.66. The van der Waals surface area contributed by atoms with Crippen molar-refractivity contribution in [2.24, 2.45) is 5.10 Å². The van der Waals surface area contributed by atoms with E-state index in [2.05, 4.69) is 20.4 Å². The Bertz CT molecular complexity index is 1640. The molecule has 0 atom stereocenters. The Morgan fingerprint density at radius 1 is 1.00 bits per heavy atom. The second-order valence-electron chi connectivity index (χ2n) is 7.78. The molecule has 0 fully saturated rings. The molecule has 0 saturated heterocycles. The molecule has 2 heterocycles. The van der Waals surface area contributed by atoms with E-state index >= 15 is 0 Å². The fourth-order valence-corrected chi connectivity index (χ4v) is 3.79. The number of para-hydroxylation sites is 2. The zero-order chi connectivity index (χ0) is 25.2. The molecule has 36 heavy (non-hydrogen) atoms. The van der Waals surface area contributed by atoms with Crippen molar-refractivity contribution in [3.63, 3.8) is 0 Å². The van der Waals surface area contributed by atoms with Crippen LogP contribution in [0.3, 0.4) is 0 Å². The average molecular weight is 499 g/mol. The van der Waals surface area contributed by atoms with Gasteiger partial charge in [0.1, 0.15) is 16.9 Å². The van der Waals surface area contributed by atoms with E-state index < -0.39 is 11.9 Å². The number of hydrogen-bond donors (Lipinski definition) is 2. The highest BCUT2D eigenvalue weighted by atomic mass is 35.5. The predicted molar refractivity (Wildman–Crippen MR) is 140 cm³/mol. The molecule has 9 nitrogen and oxygen atoms in total. The van der Waals surface area contributed by atoms with Gasteiger partial charge >= 0.3 is 5.97 Å². The van der Waals surface area contributed by atoms with Crippen molar-refractivity contribution in [3.8, 4) is 0 Å². The minimum Gasteiger partial charge on any atom is -0.465 e. The van der Waals surface area contributed by atoms with Gasteiger partial charge in [0.25, 0.3) is 5.91 Å². The molecule has 0 unspecified atom stereocenters. The smallest absolute Gasteiger partial charge is 0.337 e. The number of nitrogens with one attached hydrogen (secondary N) is 1. The number of rotatable bonds is 5. The number of methoxy groups -OCH3 is 1. The highest BCUT2D eigenvalue weighted by Gasteiger charge is 2.24. The molecule has 0 bridgehead atoms. The number of carbonyl (C=O) groups is 2. The van der Waals surface area contributed by atoms with Crippen molar-refractivity contribution in [2.75, 3.05) is 18.2 Å². The van der Waals surface area contributed by atoms with Gasteiger partial charge in [-0.1, -0.05) is 35.9 Å². The molecule has 0 aliphatic heterocycles. The quantitative estimate of drug-likeness (QED) is 0.266. The minimum absolute atomic E-state index is 0.0780. The van der Waals surface area contributed by atoms with Crippen molar-refractivity contribution in [1.29, 1.82) is 0 Å². The monoisotopic (exact) mass is 498 g/mol. The summed E-state index contributed by atoms with van der Waals surface area (Å²) in [7, 11) is 1.32. The summed E-state index contributed by atoms with van der Waals surface area (Å²) in [5.41, 5.74) is 10.1. The highest BCUT2D eigenvalue weighted by molar-refractivity contribution is 6.30. The molecule has 10 heteroatoms. The van der Waals surface area contributed by atoms with E-state index in [0.717, 1.165) is 0 Å². The van der Waals surface area contributed by atoms with Gasteiger partial charge in [0, 0.05) is 10.7 Å². The molecule has 0 radical (unpaired) electrons. The highest BCUT2D eigenvalue weighted by Crippen LogP contribution is 2.29. The average Bonchev–Trinajstić information content (AvgIpc) is 3.17. The fraction of sp³-hybridized carbons (Fsp3) is 0.0385. The summed E-state index contributed by atoms with van der Waals surface area (Å²) in [5, 5.41) is 7.85. The molecule has 2 aromatic heterocycles. The molecule has 5 aromatic rings. The third-order valence-corrected chi connectivity index (χ3v) is 5.71. The molecular formula is C26H19ClN6O3. The lowest BCUT2D eigenvalue weighted by molar-refractivity contribution is 0.0600. The van der Waals surface area contributed by atoms with Crippen LogP contribution < -0.4 is 11.1 Å². The minimum atomic E-state index is -0.458. The van der Waals surface area contributed by atoms with Crippen LogP contribution in [0.1, 0.15) is 26.3 Å². The molecule has 0 saturated carbocycles. The zero-order valence-corrected chi connectivity index (χ0v) is 19.7. The van der Waals surface area contributed by atoms with Gasteiger partial charge in [-0.15, -0.1) is 0 Å². The molecule has 3 N–H and O–H groups in total. The first-order chi connectivity index (χ1) is 17.4. The van der Waals surface area contributed by atoms with Gasteiger partial charge in [-0.3, -0.25) is 4.79 Å². The van der Waals surface area contributed by atoms with E-state index in [1.54, 1.807) is 54.7 Å². The topological polar surface area (TPSA) is 124 Å². The normalized spacial score (nSPS) is 11.3. The zero-order valence-electron chi connectivity index (χ0n) is 19.0. The Hall–Kier alpha value is -4.76. The standard InChI is InChI=1S/C26H19ClN6O3/c1-36-26(35)16-8-6-15(7-9-16)14-29-33-23(28)21(25(34)30-18-12-10-17(27)11-13-18)22-24(33)32-20-5-3-2-4-19(20)31-22/h2-14H,28H2,1H3,(H,30,34)/b29-14-. The number of benzene rings is 3. The Labute approximate surface area is 210 Å². The van der Waals surface area contributed by atoms with Crippen molar-refractivity contribution in [2.45, 2.75) is 0 Å². The number of amides is 1. The molecule has 0 spiro atoms. The number of nitrogens with zero attached hydrogens (tertiary/aromatic N) is 4. The first-order valence-electron chi connectivity index (χ1n) is 10.8. The van der Waals surface area contributed by atoms with Crippen molar-refractivity contribution in [3.05, 3.63) is 94.5 Å². The largest absolute Gasteiger partial charge is 0.465 e. The number of fused-ring (bicyclic) bond motifs is 2. The van der Waals surface area contributed by atoms with Gasteiger partial charge < -0.3 is 15.8 Å². The number of halogens is 1. The summed E-state index contributed by atoms with van der Waals surface area (Å²) in [6, 6.07) is 20.7. The lowest BCUT2D eigenvalue weighted by Crippen LogP contribution is -2.14. The number of ether oxygens (including phenoxy) is 1. The van der Waals surface area contributed by atoms with E-state index in [0.29, 0.717) is 44.0 Å². The van der Waals surface area contributed by atoms with Crippen LogP contribution >= 0.6 is 11.6 Å². The summed E-state index contributed by atoms with van der Waals surface area (Å²) < 4.78 is 6.10. The van der Waals surface area contributed by atoms with Crippen LogP contribution in [0.15, 0.2) is 77.9 Å². The van der Waals surface area contributed by atoms with E-state index in [-0.39, 0.29) is 11.4 Å². The van der Waals surface area contributed by atoms with Crippen molar-refractivity contribution in [1.82, 2.24) is 14.6 Å². The van der Waals surface area contributed by atoms with Gasteiger partial charge in [0.15, 0.2) is 5.65 Å². The molecule has 3 aromatic carbocycles. The van der Waals surface area contributed by atoms with Crippen LogP contribution in [0.25, 0.3) is 22.2 Å².